The minimum absolute atomic E-state index is 0.135. The second-order valence-electron chi connectivity index (χ2n) is 8.59. The summed E-state index contributed by atoms with van der Waals surface area (Å²) in [7, 11) is 0. The van der Waals surface area contributed by atoms with Crippen molar-refractivity contribution in [3.05, 3.63) is 47.5 Å². The number of hydrogen-bond acceptors (Lipinski definition) is 4. The van der Waals surface area contributed by atoms with Crippen LogP contribution in [0.4, 0.5) is 5.69 Å². The van der Waals surface area contributed by atoms with E-state index in [0.29, 0.717) is 11.8 Å². The van der Waals surface area contributed by atoms with Crippen LogP contribution >= 0.6 is 12.2 Å². The molecule has 3 rings (SSSR count). The number of hydrogen-bond donors (Lipinski definition) is 2. The van der Waals surface area contributed by atoms with E-state index in [0.717, 1.165) is 27.9 Å². The van der Waals surface area contributed by atoms with Crippen LogP contribution in [-0.2, 0) is 4.79 Å². The van der Waals surface area contributed by atoms with E-state index in [1.807, 2.05) is 52.0 Å². The molecule has 2 aromatic carbocycles. The molecule has 0 bridgehead atoms. The molecule has 1 aromatic heterocycles. The van der Waals surface area contributed by atoms with Crippen molar-refractivity contribution in [2.24, 2.45) is 5.41 Å². The van der Waals surface area contributed by atoms with Gasteiger partial charge in [0.15, 0.2) is 10.7 Å². The van der Waals surface area contributed by atoms with E-state index in [1.165, 1.54) is 5.56 Å². The summed E-state index contributed by atoms with van der Waals surface area (Å²) in [6.07, 6.45) is 0. The molecule has 0 aliphatic rings. The first-order chi connectivity index (χ1) is 13.5. The van der Waals surface area contributed by atoms with Gasteiger partial charge in [0.1, 0.15) is 5.52 Å². The lowest BCUT2D eigenvalue weighted by molar-refractivity contribution is -0.126. The largest absolute Gasteiger partial charge is 0.436 e. The van der Waals surface area contributed by atoms with Crippen molar-refractivity contribution in [3.8, 4) is 11.5 Å². The van der Waals surface area contributed by atoms with Gasteiger partial charge in [0.2, 0.25) is 11.8 Å². The standard InChI is InChI=1S/C23H27N3O2S/c1-13(2)15-9-10-19-18(11-15)24-20(28-19)16-8-7-14(3)17(12-16)25-22(29)26-21(27)23(4,5)6/h7-13H,1-6H3,(H2,25,26,27,29). The van der Waals surface area contributed by atoms with Gasteiger partial charge in [-0.05, 0) is 60.5 Å². The summed E-state index contributed by atoms with van der Waals surface area (Å²) in [4.78, 5) is 16.8. The van der Waals surface area contributed by atoms with E-state index in [9.17, 15) is 4.79 Å². The summed E-state index contributed by atoms with van der Waals surface area (Å²) in [6, 6.07) is 12.0. The van der Waals surface area contributed by atoms with Gasteiger partial charge in [-0.25, -0.2) is 4.98 Å². The number of carbonyl (C=O) groups is 1. The van der Waals surface area contributed by atoms with Crippen LogP contribution in [0.15, 0.2) is 40.8 Å². The summed E-state index contributed by atoms with van der Waals surface area (Å²) in [6.45, 7) is 11.8. The molecule has 2 N–H and O–H groups in total. The van der Waals surface area contributed by atoms with E-state index in [1.54, 1.807) is 0 Å². The Labute approximate surface area is 176 Å². The Morgan fingerprint density at radius 3 is 2.52 bits per heavy atom. The van der Waals surface area contributed by atoms with Crippen molar-refractivity contribution in [3.63, 3.8) is 0 Å². The maximum Gasteiger partial charge on any atom is 0.231 e. The number of amides is 1. The highest BCUT2D eigenvalue weighted by Crippen LogP contribution is 2.29. The Hall–Kier alpha value is -2.73. The first kappa shape index (κ1) is 21.0. The van der Waals surface area contributed by atoms with Gasteiger partial charge in [-0.1, -0.05) is 46.8 Å². The van der Waals surface area contributed by atoms with Crippen LogP contribution in [0.1, 0.15) is 51.7 Å². The predicted molar refractivity (Wildman–Crippen MR) is 122 cm³/mol. The molecule has 0 saturated carbocycles. The molecule has 0 aliphatic carbocycles. The number of anilines is 1. The molecule has 6 heteroatoms. The zero-order valence-electron chi connectivity index (χ0n) is 17.7. The van der Waals surface area contributed by atoms with E-state index in [2.05, 4.69) is 41.6 Å². The summed E-state index contributed by atoms with van der Waals surface area (Å²) in [5.74, 6) is 0.844. The minimum Gasteiger partial charge on any atom is -0.436 e. The van der Waals surface area contributed by atoms with Gasteiger partial charge >= 0.3 is 0 Å². The summed E-state index contributed by atoms with van der Waals surface area (Å²) in [5, 5.41) is 6.11. The SMILES string of the molecule is Cc1ccc(-c2nc3cc(C(C)C)ccc3o2)cc1NC(=S)NC(=O)C(C)(C)C. The third-order valence-corrected chi connectivity index (χ3v) is 4.92. The number of benzene rings is 2. The number of fused-ring (bicyclic) bond motifs is 1. The number of aryl methyl sites for hydroxylation is 1. The highest BCUT2D eigenvalue weighted by Gasteiger charge is 2.22. The monoisotopic (exact) mass is 409 g/mol. The lowest BCUT2D eigenvalue weighted by atomic mass is 9.96. The summed E-state index contributed by atoms with van der Waals surface area (Å²) < 4.78 is 5.96. The Bertz CT molecular complexity index is 1080. The molecule has 3 aromatic rings. The molecule has 0 fully saturated rings. The molecule has 5 nitrogen and oxygen atoms in total. The topological polar surface area (TPSA) is 67.2 Å². The number of thiocarbonyl (C=S) groups is 1. The highest BCUT2D eigenvalue weighted by molar-refractivity contribution is 7.80. The molecule has 0 radical (unpaired) electrons. The van der Waals surface area contributed by atoms with Gasteiger partial charge in [-0.15, -0.1) is 0 Å². The van der Waals surface area contributed by atoms with Crippen molar-refractivity contribution in [2.45, 2.75) is 47.5 Å². The van der Waals surface area contributed by atoms with Gasteiger partial charge < -0.3 is 15.1 Å². The van der Waals surface area contributed by atoms with Crippen molar-refractivity contribution < 1.29 is 9.21 Å². The molecule has 1 amide bonds. The van der Waals surface area contributed by atoms with Crippen LogP contribution in [0, 0.1) is 12.3 Å². The molecule has 0 atom stereocenters. The third-order valence-electron chi connectivity index (χ3n) is 4.72. The number of aromatic nitrogens is 1. The fraction of sp³-hybridized carbons (Fsp3) is 0.348. The lowest BCUT2D eigenvalue weighted by Gasteiger charge is -2.19. The molecule has 0 spiro atoms. The molecule has 0 unspecified atom stereocenters. The summed E-state index contributed by atoms with van der Waals surface area (Å²) >= 11 is 5.31. The van der Waals surface area contributed by atoms with Crippen LogP contribution in [0.2, 0.25) is 0 Å². The predicted octanol–water partition coefficient (Wildman–Crippen LogP) is 5.79. The Kier molecular flexibility index (Phi) is 5.75. The average Bonchev–Trinajstić information content (AvgIpc) is 3.05. The number of oxazole rings is 1. The maximum atomic E-state index is 12.1. The molecular weight excluding hydrogens is 382 g/mol. The van der Waals surface area contributed by atoms with Crippen molar-refractivity contribution in [2.75, 3.05) is 5.32 Å². The fourth-order valence-corrected chi connectivity index (χ4v) is 2.96. The number of carbonyl (C=O) groups excluding carboxylic acids is 1. The van der Waals surface area contributed by atoms with Gasteiger partial charge in [0.25, 0.3) is 0 Å². The van der Waals surface area contributed by atoms with Gasteiger partial charge in [0.05, 0.1) is 0 Å². The first-order valence-electron chi connectivity index (χ1n) is 9.68. The maximum absolute atomic E-state index is 12.1. The Morgan fingerprint density at radius 1 is 1.14 bits per heavy atom. The molecule has 152 valence electrons. The number of rotatable bonds is 3. The van der Waals surface area contributed by atoms with Crippen molar-refractivity contribution in [1.29, 1.82) is 0 Å². The van der Waals surface area contributed by atoms with Crippen LogP contribution in [0.5, 0.6) is 0 Å². The van der Waals surface area contributed by atoms with Gasteiger partial charge in [-0.3, -0.25) is 4.79 Å². The van der Waals surface area contributed by atoms with Crippen LogP contribution in [0.25, 0.3) is 22.6 Å². The molecule has 29 heavy (non-hydrogen) atoms. The molecule has 1 heterocycles. The zero-order chi connectivity index (χ0) is 21.3. The smallest absolute Gasteiger partial charge is 0.231 e. The third kappa shape index (κ3) is 4.82. The van der Waals surface area contributed by atoms with Crippen LogP contribution < -0.4 is 10.6 Å². The zero-order valence-corrected chi connectivity index (χ0v) is 18.5. The number of nitrogens with one attached hydrogen (secondary N) is 2. The summed E-state index contributed by atoms with van der Waals surface area (Å²) in [5.41, 5.74) is 4.94. The fourth-order valence-electron chi connectivity index (χ4n) is 2.76. The molecule has 0 saturated heterocycles. The second kappa shape index (κ2) is 7.95. The Balaban J connectivity index is 1.86. The van der Waals surface area contributed by atoms with Crippen LogP contribution in [-0.4, -0.2) is 16.0 Å². The van der Waals surface area contributed by atoms with Crippen LogP contribution in [0.3, 0.4) is 0 Å². The molecule has 0 aliphatic heterocycles. The highest BCUT2D eigenvalue weighted by atomic mass is 32.1. The second-order valence-corrected chi connectivity index (χ2v) is 9.00. The van der Waals surface area contributed by atoms with Crippen molar-refractivity contribution >= 4 is 40.0 Å². The Morgan fingerprint density at radius 2 is 1.86 bits per heavy atom. The normalized spacial score (nSPS) is 11.7. The number of nitrogens with zero attached hydrogens (tertiary/aromatic N) is 1. The lowest BCUT2D eigenvalue weighted by Crippen LogP contribution is -2.41. The van der Waals surface area contributed by atoms with Crippen molar-refractivity contribution in [1.82, 2.24) is 10.3 Å². The van der Waals surface area contributed by atoms with E-state index in [4.69, 9.17) is 16.6 Å². The average molecular weight is 410 g/mol. The quantitative estimate of drug-likeness (QED) is 0.536. The van der Waals surface area contributed by atoms with Gasteiger partial charge in [0, 0.05) is 16.7 Å². The van der Waals surface area contributed by atoms with E-state index >= 15 is 0 Å². The molecular formula is C23H27N3O2S. The van der Waals surface area contributed by atoms with E-state index < -0.39 is 5.41 Å². The first-order valence-corrected chi connectivity index (χ1v) is 10.1. The minimum atomic E-state index is -0.518. The van der Waals surface area contributed by atoms with E-state index in [-0.39, 0.29) is 11.0 Å². The van der Waals surface area contributed by atoms with Gasteiger partial charge in [-0.2, -0.15) is 0 Å².